The van der Waals surface area contributed by atoms with Crippen molar-refractivity contribution in [3.05, 3.63) is 168 Å². The Bertz CT molecular complexity index is 2640. The predicted octanol–water partition coefficient (Wildman–Crippen LogP) is 14.2. The first-order valence-corrected chi connectivity index (χ1v) is 22.9. The second-order valence-corrected chi connectivity index (χ2v) is 18.9. The lowest BCUT2D eigenvalue weighted by Crippen LogP contribution is -2.02. The van der Waals surface area contributed by atoms with Crippen LogP contribution in [0.4, 0.5) is 0 Å². The number of pyridine rings is 4. The number of hydrogen-bond acceptors (Lipinski definition) is 5. The second-order valence-electron chi connectivity index (χ2n) is 12.1. The summed E-state index contributed by atoms with van der Waals surface area (Å²) in [5.41, 5.74) is 8.14. The van der Waals surface area contributed by atoms with Crippen molar-refractivity contribution in [1.29, 1.82) is 0 Å². The van der Waals surface area contributed by atoms with Crippen LogP contribution in [0.25, 0.3) is 43.6 Å². The number of aromatic nitrogens is 4. The highest BCUT2D eigenvalue weighted by Crippen LogP contribution is 2.27. The Morgan fingerprint density at radius 3 is 1.50 bits per heavy atom. The molecule has 0 aliphatic heterocycles. The molecule has 0 unspecified atom stereocenters. The second kappa shape index (κ2) is 21.4. The summed E-state index contributed by atoms with van der Waals surface area (Å²) in [6, 6.07) is 30.3. The summed E-state index contributed by atoms with van der Waals surface area (Å²) in [5.74, 6) is 0. The Kier molecular flexibility index (Phi) is 17.6. The van der Waals surface area contributed by atoms with E-state index in [1.54, 1.807) is 12.1 Å². The van der Waals surface area contributed by atoms with Crippen molar-refractivity contribution in [2.24, 2.45) is 0 Å². The third-order valence-corrected chi connectivity index (χ3v) is 10.4. The summed E-state index contributed by atoms with van der Waals surface area (Å²) >= 11 is 25.3. The molecule has 4 aromatic carbocycles. The molecule has 16 heteroatoms. The van der Waals surface area contributed by atoms with Gasteiger partial charge in [-0.05, 0) is 135 Å². The fourth-order valence-electron chi connectivity index (χ4n) is 5.42. The first-order chi connectivity index (χ1) is 26.4. The molecule has 0 saturated heterocycles. The molecule has 4 heterocycles. The molecule has 8 aromatic rings. The Morgan fingerprint density at radius 1 is 0.518 bits per heavy atom. The van der Waals surface area contributed by atoms with E-state index in [1.807, 2.05) is 87.5 Å². The molecule has 0 aliphatic carbocycles. The normalized spacial score (nSPS) is 10.5. The van der Waals surface area contributed by atoms with Gasteiger partial charge in [-0.25, -0.2) is 14.2 Å². The van der Waals surface area contributed by atoms with Gasteiger partial charge in [0, 0.05) is 84.0 Å². The molecule has 0 bridgehead atoms. The van der Waals surface area contributed by atoms with Gasteiger partial charge in [0.05, 0.1) is 11.0 Å². The van der Waals surface area contributed by atoms with E-state index in [2.05, 4.69) is 124 Å². The van der Waals surface area contributed by atoms with Crippen molar-refractivity contribution in [2.45, 2.75) is 27.7 Å². The van der Waals surface area contributed by atoms with Gasteiger partial charge >= 0.3 is 0 Å². The quantitative estimate of drug-likeness (QED) is 0.116. The van der Waals surface area contributed by atoms with E-state index in [4.69, 9.17) is 27.4 Å². The van der Waals surface area contributed by atoms with Crippen molar-refractivity contribution >= 4 is 161 Å². The molecule has 0 saturated carbocycles. The summed E-state index contributed by atoms with van der Waals surface area (Å²) in [7, 11) is 7.36. The highest BCUT2D eigenvalue weighted by Gasteiger charge is 2.03. The summed E-state index contributed by atoms with van der Waals surface area (Å²) in [6.07, 6.45) is 0. The third kappa shape index (κ3) is 13.7. The smallest absolute Gasteiger partial charge is 0.248 e. The molecule has 290 valence electrons. The molecule has 2 N–H and O–H groups in total. The van der Waals surface area contributed by atoms with Gasteiger partial charge in [0.15, 0.2) is 0 Å². The van der Waals surface area contributed by atoms with Crippen LogP contribution < -0.4 is 11.1 Å². The van der Waals surface area contributed by atoms with E-state index in [0.29, 0.717) is 10.3 Å². The lowest BCUT2D eigenvalue weighted by Gasteiger charge is -2.02. The summed E-state index contributed by atoms with van der Waals surface area (Å²) in [6.45, 7) is 8.11. The van der Waals surface area contributed by atoms with Crippen molar-refractivity contribution < 1.29 is 4.21 Å². The van der Waals surface area contributed by atoms with Crippen LogP contribution in [0, 0.1) is 27.7 Å². The maximum atomic E-state index is 11.0. The maximum absolute atomic E-state index is 11.0. The first kappa shape index (κ1) is 46.0. The fraction of sp³-hybridized carbons (Fsp3) is 0.100. The van der Waals surface area contributed by atoms with E-state index in [9.17, 15) is 9.59 Å². The van der Waals surface area contributed by atoms with E-state index in [-0.39, 0.29) is 11.1 Å². The third-order valence-electron chi connectivity index (χ3n) is 7.76. The van der Waals surface area contributed by atoms with Gasteiger partial charge in [0.1, 0.15) is 10.3 Å². The number of H-pyrrole nitrogens is 2. The number of nitrogens with one attached hydrogen (secondary N) is 2. The topological polar surface area (TPSA) is 109 Å². The highest BCUT2D eigenvalue weighted by atomic mass is 79.9. The molecule has 0 spiro atoms. The van der Waals surface area contributed by atoms with E-state index >= 15 is 0 Å². The molecule has 0 amide bonds. The Labute approximate surface area is 377 Å². The van der Waals surface area contributed by atoms with E-state index in [1.165, 1.54) is 17.2 Å². The van der Waals surface area contributed by atoms with Gasteiger partial charge < -0.3 is 9.97 Å². The van der Waals surface area contributed by atoms with Crippen molar-refractivity contribution in [1.82, 2.24) is 19.9 Å². The van der Waals surface area contributed by atoms with E-state index in [0.717, 1.165) is 72.6 Å². The molecule has 0 radical (unpaired) electrons. The minimum absolute atomic E-state index is 0.0648. The van der Waals surface area contributed by atoms with Gasteiger partial charge in [-0.1, -0.05) is 86.9 Å². The lowest BCUT2D eigenvalue weighted by molar-refractivity contribution is 0.698. The zero-order valence-corrected chi connectivity index (χ0v) is 40.0. The van der Waals surface area contributed by atoms with Crippen LogP contribution in [0.5, 0.6) is 0 Å². The lowest BCUT2D eigenvalue weighted by atomic mass is 10.1. The fourth-order valence-corrected chi connectivity index (χ4v) is 8.26. The Hall–Kier alpha value is -2.65. The molecule has 0 atom stereocenters. The van der Waals surface area contributed by atoms with Gasteiger partial charge in [-0.3, -0.25) is 9.59 Å². The predicted molar refractivity (Wildman–Crippen MR) is 252 cm³/mol. The first-order valence-electron chi connectivity index (χ1n) is 16.2. The Balaban J connectivity index is 0.000000160. The van der Waals surface area contributed by atoms with Gasteiger partial charge in [-0.2, -0.15) is 0 Å². The molecule has 4 aromatic heterocycles. The van der Waals surface area contributed by atoms with Crippen LogP contribution in [0.2, 0.25) is 10.3 Å². The average molecular weight is 1110 g/mol. The molecular formula is C40H30Br4Cl4N4O3S. The minimum atomic E-state index is -1.67. The number of fused-ring (bicyclic) bond motifs is 4. The summed E-state index contributed by atoms with van der Waals surface area (Å²) in [5, 5.41) is 5.42. The number of benzene rings is 4. The van der Waals surface area contributed by atoms with Crippen LogP contribution in [-0.4, -0.2) is 24.1 Å². The number of hydrogen-bond donors (Lipinski definition) is 2. The maximum Gasteiger partial charge on any atom is 0.248 e. The molecule has 7 nitrogen and oxygen atoms in total. The number of rotatable bonds is 0. The zero-order chi connectivity index (χ0) is 41.3. The monoisotopic (exact) mass is 1100 g/mol. The van der Waals surface area contributed by atoms with Crippen LogP contribution in [-0.2, 0) is 9.23 Å². The van der Waals surface area contributed by atoms with Crippen molar-refractivity contribution in [3.63, 3.8) is 0 Å². The number of halogens is 8. The van der Waals surface area contributed by atoms with Crippen LogP contribution in [0.3, 0.4) is 0 Å². The molecular weight excluding hydrogens is 1080 g/mol. The molecule has 0 fully saturated rings. The van der Waals surface area contributed by atoms with Gasteiger partial charge in [-0.15, -0.1) is 0 Å². The van der Waals surface area contributed by atoms with E-state index < -0.39 is 9.23 Å². The highest BCUT2D eigenvalue weighted by molar-refractivity contribution is 9.11. The summed E-state index contributed by atoms with van der Waals surface area (Å²) < 4.78 is 13.2. The number of nitrogens with zero attached hydrogens (tertiary/aromatic N) is 2. The largest absolute Gasteiger partial charge is 0.322 e. The van der Waals surface area contributed by atoms with Gasteiger partial charge in [0.25, 0.3) is 0 Å². The summed E-state index contributed by atoms with van der Waals surface area (Å²) in [4.78, 5) is 36.1. The average Bonchev–Trinajstić information content (AvgIpc) is 3.07. The molecule has 8 rings (SSSR count). The van der Waals surface area contributed by atoms with Gasteiger partial charge in [0.2, 0.25) is 20.3 Å². The van der Waals surface area contributed by atoms with Crippen LogP contribution in [0.1, 0.15) is 22.3 Å². The minimum Gasteiger partial charge on any atom is -0.322 e. The molecule has 0 aliphatic rings. The van der Waals surface area contributed by atoms with Crippen LogP contribution in [0.15, 0.2) is 125 Å². The number of aryl methyl sites for hydroxylation is 4. The van der Waals surface area contributed by atoms with Crippen molar-refractivity contribution in [3.8, 4) is 0 Å². The molecule has 56 heavy (non-hydrogen) atoms. The Morgan fingerprint density at radius 2 is 0.929 bits per heavy atom. The zero-order valence-electron chi connectivity index (χ0n) is 29.8. The standard InChI is InChI=1S/2C10H7BrClN.2C10H8BrNO.Cl2OS/c1-6-4-7(11)5-9-8(6)2-3-10(12)13-9;1-6-4-8(11)7-2-3-10(12)13-9(7)5-6;1-6-4-7(11)5-9-8(6)2-3-10(13)12-9;1-6-4-8(11)7-2-3-10(13)12-9(7)5-6;1-4(2)3/h2*2-5H,1H3;2*2-5H,1H3,(H,12,13);. The van der Waals surface area contributed by atoms with Crippen molar-refractivity contribution in [2.75, 3.05) is 0 Å². The number of aromatic amines is 2. The SMILES string of the molecule is Cc1cc(Br)c2ccc(=O)[nH]c2c1.Cc1cc(Br)c2ccc(Cl)nc2c1.Cc1cc(Br)cc2[nH]c(=O)ccc12.Cc1cc(Br)cc2nc(Cl)ccc12.O=S(Cl)Cl. The van der Waals surface area contributed by atoms with Crippen LogP contribution >= 0.6 is 108 Å².